The molecule has 0 saturated carbocycles. The standard InChI is InChI=1S/C18H24N4O/c1-13-9-15-11-19-22-8-7-21(18(23)16(10-13)17(15)22)12-14-3-5-20(2)6-4-14/h9-11,14H,3-8,12H2,1-2H3. The maximum Gasteiger partial charge on any atom is 0.256 e. The van der Waals surface area contributed by atoms with Crippen LogP contribution in [-0.2, 0) is 6.54 Å². The van der Waals surface area contributed by atoms with Crippen molar-refractivity contribution in [2.75, 3.05) is 33.2 Å². The highest BCUT2D eigenvalue weighted by molar-refractivity contribution is 6.06. The highest BCUT2D eigenvalue weighted by atomic mass is 16.2. The Hall–Kier alpha value is -1.88. The highest BCUT2D eigenvalue weighted by Crippen LogP contribution is 2.26. The molecule has 4 rings (SSSR count). The summed E-state index contributed by atoms with van der Waals surface area (Å²) in [7, 11) is 2.18. The second kappa shape index (κ2) is 5.64. The molecule has 5 nitrogen and oxygen atoms in total. The predicted octanol–water partition coefficient (Wildman–Crippen LogP) is 2.14. The van der Waals surface area contributed by atoms with Gasteiger partial charge in [-0.1, -0.05) is 0 Å². The third-order valence-electron chi connectivity index (χ3n) is 5.29. The summed E-state index contributed by atoms with van der Waals surface area (Å²) in [6.07, 6.45) is 4.26. The molecule has 1 aromatic carbocycles. The van der Waals surface area contributed by atoms with E-state index in [4.69, 9.17) is 0 Å². The number of benzene rings is 1. The van der Waals surface area contributed by atoms with E-state index in [-0.39, 0.29) is 5.91 Å². The van der Waals surface area contributed by atoms with Gasteiger partial charge in [-0.25, -0.2) is 0 Å². The number of rotatable bonds is 2. The lowest BCUT2D eigenvalue weighted by molar-refractivity contribution is 0.0699. The lowest BCUT2D eigenvalue weighted by Crippen LogP contribution is -2.40. The Morgan fingerprint density at radius 2 is 1.96 bits per heavy atom. The molecule has 1 fully saturated rings. The largest absolute Gasteiger partial charge is 0.336 e. The number of amides is 1. The van der Waals surface area contributed by atoms with E-state index in [9.17, 15) is 4.79 Å². The number of aromatic nitrogens is 2. The summed E-state index contributed by atoms with van der Waals surface area (Å²) in [6.45, 7) is 6.76. The van der Waals surface area contributed by atoms with Gasteiger partial charge >= 0.3 is 0 Å². The Balaban J connectivity index is 1.62. The zero-order valence-electron chi connectivity index (χ0n) is 14.0. The van der Waals surface area contributed by atoms with Crippen LogP contribution >= 0.6 is 0 Å². The number of piperidine rings is 1. The molecule has 0 atom stereocenters. The molecule has 3 heterocycles. The van der Waals surface area contributed by atoms with E-state index in [0.29, 0.717) is 5.92 Å². The summed E-state index contributed by atoms with van der Waals surface area (Å²) < 4.78 is 2.00. The monoisotopic (exact) mass is 312 g/mol. The smallest absolute Gasteiger partial charge is 0.256 e. The Morgan fingerprint density at radius 3 is 2.74 bits per heavy atom. The Labute approximate surface area is 136 Å². The van der Waals surface area contributed by atoms with Gasteiger partial charge in [-0.3, -0.25) is 9.48 Å². The van der Waals surface area contributed by atoms with Crippen LogP contribution in [0.4, 0.5) is 0 Å². The lowest BCUT2D eigenvalue weighted by atomic mass is 9.96. The molecule has 1 amide bonds. The number of nitrogens with zero attached hydrogens (tertiary/aromatic N) is 4. The Kier molecular flexibility index (Phi) is 3.60. The van der Waals surface area contributed by atoms with Gasteiger partial charge in [0.2, 0.25) is 0 Å². The van der Waals surface area contributed by atoms with Crippen LogP contribution in [0.3, 0.4) is 0 Å². The van der Waals surface area contributed by atoms with Gasteiger partial charge in [-0.05, 0) is 63.5 Å². The molecule has 0 aliphatic carbocycles. The topological polar surface area (TPSA) is 41.4 Å². The van der Waals surface area contributed by atoms with Crippen molar-refractivity contribution in [2.24, 2.45) is 5.92 Å². The van der Waals surface area contributed by atoms with Gasteiger partial charge in [0.15, 0.2) is 0 Å². The first kappa shape index (κ1) is 14.7. The molecule has 5 heteroatoms. The van der Waals surface area contributed by atoms with Crippen LogP contribution in [-0.4, -0.2) is 58.7 Å². The quantitative estimate of drug-likeness (QED) is 0.853. The average molecular weight is 312 g/mol. The van der Waals surface area contributed by atoms with Crippen molar-refractivity contribution >= 4 is 16.8 Å². The fourth-order valence-corrected chi connectivity index (χ4v) is 3.93. The van der Waals surface area contributed by atoms with Gasteiger partial charge in [0.05, 0.1) is 23.8 Å². The number of likely N-dealkylation sites (tertiary alicyclic amines) is 1. The molecule has 0 unspecified atom stereocenters. The van der Waals surface area contributed by atoms with Crippen LogP contribution in [0.2, 0.25) is 0 Å². The number of hydrogen-bond donors (Lipinski definition) is 0. The molecule has 0 N–H and O–H groups in total. The summed E-state index contributed by atoms with van der Waals surface area (Å²) in [5.41, 5.74) is 2.95. The molecule has 1 saturated heterocycles. The maximum absolute atomic E-state index is 13.1. The minimum Gasteiger partial charge on any atom is -0.336 e. The minimum absolute atomic E-state index is 0.178. The minimum atomic E-state index is 0.178. The molecule has 0 spiro atoms. The molecule has 23 heavy (non-hydrogen) atoms. The third kappa shape index (κ3) is 2.63. The van der Waals surface area contributed by atoms with E-state index in [1.165, 1.54) is 12.8 Å². The van der Waals surface area contributed by atoms with E-state index in [1.807, 2.05) is 23.9 Å². The van der Waals surface area contributed by atoms with Gasteiger partial charge < -0.3 is 9.80 Å². The second-order valence-electron chi connectivity index (χ2n) is 7.12. The van der Waals surface area contributed by atoms with Crippen molar-refractivity contribution in [3.63, 3.8) is 0 Å². The molecular weight excluding hydrogens is 288 g/mol. The maximum atomic E-state index is 13.1. The Morgan fingerprint density at radius 1 is 1.17 bits per heavy atom. The van der Waals surface area contributed by atoms with Gasteiger partial charge in [0.1, 0.15) is 0 Å². The number of aryl methyl sites for hydroxylation is 1. The van der Waals surface area contributed by atoms with Crippen LogP contribution in [0.25, 0.3) is 10.9 Å². The van der Waals surface area contributed by atoms with E-state index in [0.717, 1.165) is 54.8 Å². The summed E-state index contributed by atoms with van der Waals surface area (Å²) in [5.74, 6) is 0.803. The third-order valence-corrected chi connectivity index (χ3v) is 5.29. The van der Waals surface area contributed by atoms with Gasteiger partial charge in [-0.2, -0.15) is 5.10 Å². The molecule has 0 radical (unpaired) electrons. The first-order valence-electron chi connectivity index (χ1n) is 8.56. The Bertz CT molecular complexity index is 743. The van der Waals surface area contributed by atoms with E-state index in [1.54, 1.807) is 0 Å². The van der Waals surface area contributed by atoms with Crippen LogP contribution in [0.1, 0.15) is 28.8 Å². The summed E-state index contributed by atoms with van der Waals surface area (Å²) >= 11 is 0. The van der Waals surface area contributed by atoms with Crippen LogP contribution in [0.15, 0.2) is 18.3 Å². The number of carbonyl (C=O) groups excluding carboxylic acids is 1. The number of hydrogen-bond acceptors (Lipinski definition) is 3. The fraction of sp³-hybridized carbons (Fsp3) is 0.556. The second-order valence-corrected chi connectivity index (χ2v) is 7.12. The summed E-state index contributed by atoms with van der Waals surface area (Å²) in [4.78, 5) is 17.5. The van der Waals surface area contributed by atoms with Crippen molar-refractivity contribution < 1.29 is 4.79 Å². The molecule has 0 bridgehead atoms. The summed E-state index contributed by atoms with van der Waals surface area (Å²) in [5, 5.41) is 5.56. The zero-order chi connectivity index (χ0) is 16.0. The molecular formula is C18H24N4O. The molecule has 2 aromatic rings. The lowest BCUT2D eigenvalue weighted by Gasteiger charge is -2.32. The van der Waals surface area contributed by atoms with Crippen LogP contribution in [0.5, 0.6) is 0 Å². The zero-order valence-corrected chi connectivity index (χ0v) is 14.0. The molecule has 2 aliphatic rings. The predicted molar refractivity (Wildman–Crippen MR) is 90.6 cm³/mol. The highest BCUT2D eigenvalue weighted by Gasteiger charge is 2.27. The van der Waals surface area contributed by atoms with Crippen LogP contribution < -0.4 is 0 Å². The first-order chi connectivity index (χ1) is 11.1. The summed E-state index contributed by atoms with van der Waals surface area (Å²) in [6, 6.07) is 4.14. The fourth-order valence-electron chi connectivity index (χ4n) is 3.93. The van der Waals surface area contributed by atoms with Crippen molar-refractivity contribution in [1.29, 1.82) is 0 Å². The first-order valence-corrected chi connectivity index (χ1v) is 8.56. The van der Waals surface area contributed by atoms with Crippen molar-refractivity contribution in [2.45, 2.75) is 26.3 Å². The van der Waals surface area contributed by atoms with Crippen molar-refractivity contribution in [3.8, 4) is 0 Å². The van der Waals surface area contributed by atoms with Crippen molar-refractivity contribution in [3.05, 3.63) is 29.5 Å². The van der Waals surface area contributed by atoms with Crippen LogP contribution in [0, 0.1) is 12.8 Å². The SMILES string of the molecule is Cc1cc2c3c(cnn3CCN(CC3CCN(C)CC3)C2=O)c1. The van der Waals surface area contributed by atoms with Gasteiger partial charge in [-0.15, -0.1) is 0 Å². The van der Waals surface area contributed by atoms with Gasteiger partial charge in [0.25, 0.3) is 5.91 Å². The van der Waals surface area contributed by atoms with E-state index in [2.05, 4.69) is 28.0 Å². The number of carbonyl (C=O) groups is 1. The van der Waals surface area contributed by atoms with E-state index < -0.39 is 0 Å². The van der Waals surface area contributed by atoms with Crippen molar-refractivity contribution in [1.82, 2.24) is 19.6 Å². The molecule has 1 aromatic heterocycles. The normalized spacial score (nSPS) is 20.3. The average Bonchev–Trinajstić information content (AvgIpc) is 2.89. The molecule has 2 aliphatic heterocycles. The molecule has 122 valence electrons. The van der Waals surface area contributed by atoms with Gasteiger partial charge in [0, 0.05) is 18.5 Å². The van der Waals surface area contributed by atoms with E-state index >= 15 is 0 Å².